The smallest absolute Gasteiger partial charge is 0.260 e. The van der Waals surface area contributed by atoms with E-state index in [1.807, 2.05) is 25.1 Å². The molecule has 0 spiro atoms. The summed E-state index contributed by atoms with van der Waals surface area (Å²) in [7, 11) is 0.381. The maximum Gasteiger partial charge on any atom is 0.260 e. The molecule has 1 amide bonds. The number of aromatic nitrogens is 1. The molecule has 2 aromatic carbocycles. The number of anilines is 1. The van der Waals surface area contributed by atoms with Crippen LogP contribution in [-0.2, 0) is 16.4 Å². The Hall–Kier alpha value is -2.04. The topological polar surface area (TPSA) is 73.8 Å². The van der Waals surface area contributed by atoms with Crippen molar-refractivity contribution in [2.75, 3.05) is 45.2 Å². The Kier molecular flexibility index (Phi) is 9.51. The van der Waals surface area contributed by atoms with Crippen molar-refractivity contribution in [2.24, 2.45) is 5.92 Å². The van der Waals surface area contributed by atoms with Crippen LogP contribution in [0.2, 0.25) is 0 Å². The van der Waals surface area contributed by atoms with Gasteiger partial charge in [0, 0.05) is 31.7 Å². The quantitative estimate of drug-likeness (QED) is 0.398. The second-order valence-corrected chi connectivity index (χ2v) is 12.5. The first kappa shape index (κ1) is 28.5. The molecule has 0 aliphatic carbocycles. The number of hydrogen-bond donors (Lipinski definition) is 0. The number of carbonyl (C=O) groups excluding carboxylic acids is 1. The Labute approximate surface area is 224 Å². The first-order valence-electron chi connectivity index (χ1n) is 12.2. The molecule has 7 nitrogen and oxygen atoms in total. The largest absolute Gasteiger partial charge is 0.308 e. The maximum absolute atomic E-state index is 13.6. The van der Waals surface area contributed by atoms with Crippen LogP contribution >= 0.6 is 23.7 Å². The molecule has 1 aliphatic heterocycles. The molecular weight excluding hydrogens is 516 g/mol. The summed E-state index contributed by atoms with van der Waals surface area (Å²) in [4.78, 5) is 22.3. The van der Waals surface area contributed by atoms with E-state index in [2.05, 4.69) is 26.0 Å². The second-order valence-electron chi connectivity index (χ2n) is 9.52. The molecule has 1 saturated heterocycles. The fourth-order valence-electron chi connectivity index (χ4n) is 4.18. The molecule has 0 radical (unpaired) electrons. The lowest BCUT2D eigenvalue weighted by Crippen LogP contribution is -2.38. The first-order chi connectivity index (χ1) is 16.7. The van der Waals surface area contributed by atoms with Crippen LogP contribution in [0.15, 0.2) is 47.4 Å². The number of halogens is 1. The van der Waals surface area contributed by atoms with Gasteiger partial charge in [0.2, 0.25) is 10.0 Å². The van der Waals surface area contributed by atoms with Crippen LogP contribution in [0.5, 0.6) is 0 Å². The van der Waals surface area contributed by atoms with E-state index >= 15 is 0 Å². The summed E-state index contributed by atoms with van der Waals surface area (Å²) in [5.41, 5.74) is 2.56. The van der Waals surface area contributed by atoms with Gasteiger partial charge in [-0.2, -0.15) is 4.31 Å². The van der Waals surface area contributed by atoms with Crippen molar-refractivity contribution in [3.05, 3.63) is 53.6 Å². The van der Waals surface area contributed by atoms with Gasteiger partial charge in [0.05, 0.1) is 15.1 Å². The number of sulfonamides is 1. The van der Waals surface area contributed by atoms with E-state index < -0.39 is 10.0 Å². The van der Waals surface area contributed by atoms with Crippen LogP contribution in [0.3, 0.4) is 0 Å². The zero-order chi connectivity index (χ0) is 25.2. The maximum atomic E-state index is 13.6. The highest BCUT2D eigenvalue weighted by Crippen LogP contribution is 2.31. The van der Waals surface area contributed by atoms with E-state index in [0.29, 0.717) is 42.8 Å². The van der Waals surface area contributed by atoms with E-state index in [9.17, 15) is 13.2 Å². The van der Waals surface area contributed by atoms with Gasteiger partial charge in [0.1, 0.15) is 0 Å². The lowest BCUT2D eigenvalue weighted by molar-refractivity contribution is 0.0985. The first-order valence-corrected chi connectivity index (χ1v) is 14.4. The summed E-state index contributed by atoms with van der Waals surface area (Å²) in [5.74, 6) is 0.364. The summed E-state index contributed by atoms with van der Waals surface area (Å²) < 4.78 is 28.8. The summed E-state index contributed by atoms with van der Waals surface area (Å²) in [6, 6.07) is 12.5. The number of piperidine rings is 1. The molecule has 0 atom stereocenters. The normalized spacial score (nSPS) is 15.2. The lowest BCUT2D eigenvalue weighted by atomic mass is 10.0. The molecule has 36 heavy (non-hydrogen) atoms. The zero-order valence-electron chi connectivity index (χ0n) is 21.3. The Morgan fingerprint density at radius 3 is 2.36 bits per heavy atom. The Morgan fingerprint density at radius 2 is 1.75 bits per heavy atom. The van der Waals surface area contributed by atoms with Crippen LogP contribution in [-0.4, -0.2) is 68.8 Å². The van der Waals surface area contributed by atoms with E-state index in [0.717, 1.165) is 29.5 Å². The highest BCUT2D eigenvalue weighted by molar-refractivity contribution is 7.89. The molecule has 10 heteroatoms. The van der Waals surface area contributed by atoms with Crippen LogP contribution in [0.1, 0.15) is 42.6 Å². The highest BCUT2D eigenvalue weighted by Gasteiger charge is 2.28. The SMILES string of the molecule is CCc1ccc2nc(N(CCN(C)C)C(=O)c3ccc(S(=O)(=O)N4CCC(C)CC4)cc3)sc2c1.Cl. The highest BCUT2D eigenvalue weighted by atomic mass is 35.5. The van der Waals surface area contributed by atoms with Crippen molar-refractivity contribution in [2.45, 2.75) is 38.0 Å². The molecule has 0 N–H and O–H groups in total. The molecule has 4 rings (SSSR count). The molecule has 0 unspecified atom stereocenters. The van der Waals surface area contributed by atoms with Gasteiger partial charge in [0.15, 0.2) is 5.13 Å². The average molecular weight is 551 g/mol. The molecule has 1 aliphatic rings. The van der Waals surface area contributed by atoms with E-state index in [4.69, 9.17) is 4.98 Å². The number of hydrogen-bond acceptors (Lipinski definition) is 6. The summed E-state index contributed by atoms with van der Waals surface area (Å²) in [6.45, 7) is 6.52. The minimum absolute atomic E-state index is 0. The van der Waals surface area contributed by atoms with Crippen molar-refractivity contribution in [1.82, 2.24) is 14.2 Å². The number of likely N-dealkylation sites (N-methyl/N-ethyl adjacent to an activating group) is 1. The molecule has 1 aromatic heterocycles. The summed E-state index contributed by atoms with van der Waals surface area (Å²) in [6.07, 6.45) is 2.69. The third kappa shape index (κ3) is 6.26. The zero-order valence-corrected chi connectivity index (χ0v) is 23.8. The van der Waals surface area contributed by atoms with Gasteiger partial charge in [-0.1, -0.05) is 31.3 Å². The summed E-state index contributed by atoms with van der Waals surface area (Å²) >= 11 is 1.51. The van der Waals surface area contributed by atoms with E-state index in [1.165, 1.54) is 16.9 Å². The molecule has 1 fully saturated rings. The van der Waals surface area contributed by atoms with Gasteiger partial charge >= 0.3 is 0 Å². The Morgan fingerprint density at radius 1 is 1.08 bits per heavy atom. The van der Waals surface area contributed by atoms with Crippen molar-refractivity contribution in [1.29, 1.82) is 0 Å². The van der Waals surface area contributed by atoms with E-state index in [-0.39, 0.29) is 23.2 Å². The number of thiazole rings is 1. The molecule has 2 heterocycles. The minimum Gasteiger partial charge on any atom is -0.308 e. The second kappa shape index (κ2) is 12.0. The third-order valence-electron chi connectivity index (χ3n) is 6.58. The Bertz CT molecular complexity index is 1280. The van der Waals surface area contributed by atoms with Crippen molar-refractivity contribution < 1.29 is 13.2 Å². The lowest BCUT2D eigenvalue weighted by Gasteiger charge is -2.29. The van der Waals surface area contributed by atoms with Gasteiger partial charge in [-0.15, -0.1) is 12.4 Å². The number of benzene rings is 2. The Balaban J connectivity index is 0.00000361. The van der Waals surface area contributed by atoms with Crippen molar-refractivity contribution in [3.8, 4) is 0 Å². The van der Waals surface area contributed by atoms with Crippen LogP contribution in [0, 0.1) is 5.92 Å². The predicted octanol–water partition coefficient (Wildman–Crippen LogP) is 4.91. The van der Waals surface area contributed by atoms with Crippen molar-refractivity contribution >= 4 is 55.0 Å². The average Bonchev–Trinajstić information content (AvgIpc) is 3.27. The molecule has 196 valence electrons. The molecule has 3 aromatic rings. The predicted molar refractivity (Wildman–Crippen MR) is 150 cm³/mol. The number of fused-ring (bicyclic) bond motifs is 1. The fourth-order valence-corrected chi connectivity index (χ4v) is 6.70. The van der Waals surface area contributed by atoms with Crippen LogP contribution in [0.4, 0.5) is 5.13 Å². The number of aryl methyl sites for hydroxylation is 1. The van der Waals surface area contributed by atoms with Gasteiger partial charge in [-0.25, -0.2) is 13.4 Å². The number of carbonyl (C=O) groups is 1. The fraction of sp³-hybridized carbons (Fsp3) is 0.462. The van der Waals surface area contributed by atoms with Gasteiger partial charge in [-0.05, 0) is 81.2 Å². The van der Waals surface area contributed by atoms with Crippen molar-refractivity contribution in [3.63, 3.8) is 0 Å². The summed E-state index contributed by atoms with van der Waals surface area (Å²) in [5, 5.41) is 0.652. The monoisotopic (exact) mass is 550 g/mol. The number of amides is 1. The van der Waals surface area contributed by atoms with Crippen LogP contribution < -0.4 is 4.90 Å². The molecule has 0 saturated carbocycles. The van der Waals surface area contributed by atoms with Gasteiger partial charge < -0.3 is 4.90 Å². The molecular formula is C26H35ClN4O3S2. The third-order valence-corrected chi connectivity index (χ3v) is 9.53. The van der Waals surface area contributed by atoms with E-state index in [1.54, 1.807) is 33.5 Å². The van der Waals surface area contributed by atoms with Gasteiger partial charge in [0.25, 0.3) is 5.91 Å². The van der Waals surface area contributed by atoms with Crippen LogP contribution in [0.25, 0.3) is 10.2 Å². The van der Waals surface area contributed by atoms with Gasteiger partial charge in [-0.3, -0.25) is 9.69 Å². The molecule has 0 bridgehead atoms. The number of rotatable bonds is 8. The number of nitrogens with zero attached hydrogens (tertiary/aromatic N) is 4. The standard InChI is InChI=1S/C26H34N4O3S2.ClH/c1-5-20-6-11-23-24(18-20)34-26(27-23)30(17-16-28(3)4)25(31)21-7-9-22(10-8-21)35(32,33)29-14-12-19(2)13-15-29;/h6-11,18-19H,5,12-17H2,1-4H3;1H. The minimum atomic E-state index is -3.55.